The van der Waals surface area contributed by atoms with Crippen molar-refractivity contribution in [2.24, 2.45) is 0 Å². The van der Waals surface area contributed by atoms with Gasteiger partial charge in [0.05, 0.1) is 6.20 Å². The van der Waals surface area contributed by atoms with Gasteiger partial charge in [-0.05, 0) is 74.2 Å². The molecule has 0 spiro atoms. The number of ketones is 2. The molecule has 53 heavy (non-hydrogen) atoms. The molecule has 2 aliphatic heterocycles. The Balaban J connectivity index is 0.941. The van der Waals surface area contributed by atoms with Crippen LogP contribution in [0.3, 0.4) is 0 Å². The second-order valence-corrected chi connectivity index (χ2v) is 12.9. The maximum atomic E-state index is 13.2. The average molecular weight is 710 g/mol. The van der Waals surface area contributed by atoms with Gasteiger partial charge in [0, 0.05) is 46.7 Å². The minimum absolute atomic E-state index is 0.288. The van der Waals surface area contributed by atoms with Crippen molar-refractivity contribution in [3.63, 3.8) is 0 Å². The van der Waals surface area contributed by atoms with Crippen LogP contribution in [-0.2, 0) is 19.2 Å². The number of nitrogens with zero attached hydrogens (tertiary/aromatic N) is 3. The van der Waals surface area contributed by atoms with Crippen LogP contribution >= 0.6 is 0 Å². The van der Waals surface area contributed by atoms with E-state index in [0.29, 0.717) is 67.4 Å². The van der Waals surface area contributed by atoms with Gasteiger partial charge in [-0.1, -0.05) is 60.7 Å². The molecule has 2 saturated heterocycles. The zero-order chi connectivity index (χ0) is 36.9. The number of oxazole rings is 1. The fourth-order valence-electron chi connectivity index (χ4n) is 6.66. The van der Waals surface area contributed by atoms with E-state index in [1.807, 2.05) is 0 Å². The predicted octanol–water partition coefficient (Wildman–Crippen LogP) is 5.63. The van der Waals surface area contributed by atoms with Gasteiger partial charge in [-0.25, -0.2) is 4.98 Å². The summed E-state index contributed by atoms with van der Waals surface area (Å²) in [5.74, 6) is -2.52. The molecule has 2 N–H and O–H groups in total. The summed E-state index contributed by atoms with van der Waals surface area (Å²) >= 11 is 0. The van der Waals surface area contributed by atoms with Gasteiger partial charge in [0.25, 0.3) is 11.8 Å². The van der Waals surface area contributed by atoms with Crippen LogP contribution in [0, 0.1) is 0 Å². The molecule has 2 aliphatic rings. The van der Waals surface area contributed by atoms with Crippen molar-refractivity contribution in [1.82, 2.24) is 14.8 Å². The number of amides is 4. The minimum atomic E-state index is -0.749. The van der Waals surface area contributed by atoms with E-state index in [4.69, 9.17) is 4.42 Å². The number of carbonyl (C=O) groups excluding carboxylic acids is 6. The lowest BCUT2D eigenvalue weighted by atomic mass is 10.1. The van der Waals surface area contributed by atoms with Crippen LogP contribution < -0.4 is 10.6 Å². The molecule has 3 heterocycles. The Morgan fingerprint density at radius 1 is 0.566 bits per heavy atom. The Hall–Kier alpha value is -6.69. The molecule has 2 fully saturated rings. The molecule has 266 valence electrons. The number of aromatic nitrogens is 1. The molecule has 0 saturated carbocycles. The first-order valence-corrected chi connectivity index (χ1v) is 17.4. The maximum absolute atomic E-state index is 13.2. The van der Waals surface area contributed by atoms with Crippen molar-refractivity contribution in [3.05, 3.63) is 127 Å². The van der Waals surface area contributed by atoms with Crippen molar-refractivity contribution >= 4 is 46.6 Å². The van der Waals surface area contributed by atoms with Gasteiger partial charge >= 0.3 is 0 Å². The van der Waals surface area contributed by atoms with E-state index in [2.05, 4.69) is 15.6 Å². The van der Waals surface area contributed by atoms with E-state index in [-0.39, 0.29) is 22.9 Å². The molecular weight excluding hydrogens is 674 g/mol. The van der Waals surface area contributed by atoms with Crippen LogP contribution in [0.2, 0.25) is 0 Å². The van der Waals surface area contributed by atoms with Crippen molar-refractivity contribution in [2.75, 3.05) is 23.7 Å². The fourth-order valence-corrected chi connectivity index (χ4v) is 6.66. The molecule has 0 aliphatic carbocycles. The highest BCUT2D eigenvalue weighted by atomic mass is 16.4. The summed E-state index contributed by atoms with van der Waals surface area (Å²) in [7, 11) is 0. The van der Waals surface area contributed by atoms with Gasteiger partial charge in [-0.2, -0.15) is 0 Å². The minimum Gasteiger partial charge on any atom is -0.436 e. The quantitative estimate of drug-likeness (QED) is 0.139. The number of carbonyl (C=O) groups is 6. The standard InChI is InChI=1S/C41H35N5O7/c47-35(27-9-3-1-4-10-27)40(51)45-23-7-13-32(45)37(49)43-30-19-15-26(16-20-30)34-25-42-39(53-34)29-17-21-31(22-18-29)44-38(50)33-14-8-24-46(33)41(52)36(48)28-11-5-2-6-12-28/h1-6,9-12,15-22,25,32-33H,7-8,13-14,23-24H2,(H,43,49)(H,44,50). The summed E-state index contributed by atoms with van der Waals surface area (Å²) in [6, 6.07) is 29.0. The molecule has 12 nitrogen and oxygen atoms in total. The summed E-state index contributed by atoms with van der Waals surface area (Å²) in [4.78, 5) is 84.8. The van der Waals surface area contributed by atoms with Crippen LogP contribution in [0.4, 0.5) is 11.4 Å². The third-order valence-electron chi connectivity index (χ3n) is 9.44. The lowest BCUT2D eigenvalue weighted by molar-refractivity contribution is -0.132. The smallest absolute Gasteiger partial charge is 0.295 e. The third-order valence-corrected chi connectivity index (χ3v) is 9.44. The highest BCUT2D eigenvalue weighted by Crippen LogP contribution is 2.29. The van der Waals surface area contributed by atoms with Gasteiger partial charge in [0.2, 0.25) is 29.3 Å². The first-order valence-electron chi connectivity index (χ1n) is 17.4. The second-order valence-electron chi connectivity index (χ2n) is 12.9. The summed E-state index contributed by atoms with van der Waals surface area (Å²) in [5, 5.41) is 5.71. The van der Waals surface area contributed by atoms with Crippen molar-refractivity contribution in [1.29, 1.82) is 0 Å². The molecular formula is C41H35N5O7. The molecule has 1 aromatic heterocycles. The number of Topliss-reactive ketones (excluding diaryl/α,β-unsaturated/α-hetero) is 2. The third kappa shape index (κ3) is 7.52. The van der Waals surface area contributed by atoms with E-state index < -0.39 is 35.5 Å². The Bertz CT molecular complexity index is 2010. The van der Waals surface area contributed by atoms with E-state index in [1.165, 1.54) is 9.80 Å². The van der Waals surface area contributed by atoms with E-state index in [9.17, 15) is 28.8 Å². The topological polar surface area (TPSA) is 159 Å². The molecule has 4 aromatic carbocycles. The zero-order valence-corrected chi connectivity index (χ0v) is 28.6. The Morgan fingerprint density at radius 2 is 1.00 bits per heavy atom. The highest BCUT2D eigenvalue weighted by molar-refractivity contribution is 6.43. The van der Waals surface area contributed by atoms with Crippen LogP contribution in [0.5, 0.6) is 0 Å². The van der Waals surface area contributed by atoms with Crippen LogP contribution in [-0.4, -0.2) is 75.2 Å². The molecule has 4 amide bonds. The van der Waals surface area contributed by atoms with Crippen molar-refractivity contribution < 1.29 is 33.2 Å². The summed E-state index contributed by atoms with van der Waals surface area (Å²) < 4.78 is 6.02. The van der Waals surface area contributed by atoms with E-state index in [1.54, 1.807) is 115 Å². The van der Waals surface area contributed by atoms with Gasteiger partial charge in [0.15, 0.2) is 5.76 Å². The number of benzene rings is 4. The Morgan fingerprint density at radius 3 is 1.45 bits per heavy atom. The Kier molecular flexibility index (Phi) is 10.0. The lowest BCUT2D eigenvalue weighted by Crippen LogP contribution is -2.46. The number of hydrogen-bond donors (Lipinski definition) is 2. The first-order chi connectivity index (χ1) is 25.8. The second kappa shape index (κ2) is 15.3. The first kappa shape index (κ1) is 34.7. The molecule has 0 bridgehead atoms. The molecule has 5 aromatic rings. The van der Waals surface area contributed by atoms with Crippen molar-refractivity contribution in [2.45, 2.75) is 37.8 Å². The van der Waals surface area contributed by atoms with Gasteiger partial charge in [-0.15, -0.1) is 0 Å². The Labute approximate surface area is 304 Å². The van der Waals surface area contributed by atoms with E-state index in [0.717, 1.165) is 5.56 Å². The molecule has 7 rings (SSSR count). The number of likely N-dealkylation sites (tertiary alicyclic amines) is 2. The van der Waals surface area contributed by atoms with Crippen molar-refractivity contribution in [3.8, 4) is 22.8 Å². The molecule has 12 heteroatoms. The summed E-state index contributed by atoms with van der Waals surface area (Å²) in [6.07, 6.45) is 3.75. The summed E-state index contributed by atoms with van der Waals surface area (Å²) in [6.45, 7) is 0.665. The monoisotopic (exact) mass is 709 g/mol. The fraction of sp³-hybridized carbons (Fsp3) is 0.195. The number of rotatable bonds is 10. The van der Waals surface area contributed by atoms with Gasteiger partial charge < -0.3 is 24.9 Å². The highest BCUT2D eigenvalue weighted by Gasteiger charge is 2.38. The maximum Gasteiger partial charge on any atom is 0.295 e. The molecule has 2 atom stereocenters. The predicted molar refractivity (Wildman–Crippen MR) is 196 cm³/mol. The van der Waals surface area contributed by atoms with E-state index >= 15 is 0 Å². The SMILES string of the molecule is O=C(C(=O)N1CCCC1C(=O)Nc1ccc(-c2cnc(-c3ccc(NC(=O)C4CCCN4C(=O)C(=O)c4ccccc4)cc3)o2)cc1)c1ccccc1. The van der Waals surface area contributed by atoms with Gasteiger partial charge in [0.1, 0.15) is 12.1 Å². The van der Waals surface area contributed by atoms with Crippen LogP contribution in [0.1, 0.15) is 46.4 Å². The largest absolute Gasteiger partial charge is 0.436 e. The molecule has 0 radical (unpaired) electrons. The lowest BCUT2D eigenvalue weighted by Gasteiger charge is -2.23. The number of anilines is 2. The van der Waals surface area contributed by atoms with Crippen LogP contribution in [0.15, 0.2) is 120 Å². The summed E-state index contributed by atoms with van der Waals surface area (Å²) in [5.41, 5.74) is 3.01. The van der Waals surface area contributed by atoms with Gasteiger partial charge in [-0.3, -0.25) is 28.8 Å². The normalized spacial score (nSPS) is 16.6. The average Bonchev–Trinajstić information content (AvgIpc) is 4.00. The number of nitrogens with one attached hydrogen (secondary N) is 2. The molecule has 2 unspecified atom stereocenters. The van der Waals surface area contributed by atoms with Crippen LogP contribution in [0.25, 0.3) is 22.8 Å². The number of hydrogen-bond acceptors (Lipinski definition) is 8. The zero-order valence-electron chi connectivity index (χ0n) is 28.6.